The highest BCUT2D eigenvalue weighted by atomic mass is 35.5. The fraction of sp³-hybridized carbons (Fsp3) is 0.200. The first kappa shape index (κ1) is 13.2. The lowest BCUT2D eigenvalue weighted by Gasteiger charge is -2.08. The Morgan fingerprint density at radius 2 is 2.23 bits per heavy atom. The van der Waals surface area contributed by atoms with Gasteiger partial charge in [-0.25, -0.2) is 4.98 Å². The summed E-state index contributed by atoms with van der Waals surface area (Å²) in [7, 11) is 0. The quantitative estimate of drug-likeness (QED) is 0.755. The molecular formula is C15H12ClN5O. The fourth-order valence-electron chi connectivity index (χ4n) is 2.41. The molecular weight excluding hydrogens is 302 g/mol. The number of nitrogens with one attached hydrogen (secondary N) is 1. The Hall–Kier alpha value is -2.47. The maximum Gasteiger partial charge on any atom is 0.258 e. The molecule has 3 heterocycles. The topological polar surface area (TPSA) is 72.2 Å². The lowest BCUT2D eigenvalue weighted by Crippen LogP contribution is -2.15. The van der Waals surface area contributed by atoms with Crippen molar-refractivity contribution in [1.29, 1.82) is 0 Å². The molecule has 1 amide bonds. The first-order valence-electron chi connectivity index (χ1n) is 6.98. The molecule has 1 saturated carbocycles. The average molecular weight is 314 g/mol. The number of hydrogen-bond acceptors (Lipinski definition) is 4. The summed E-state index contributed by atoms with van der Waals surface area (Å²) >= 11 is 6.09. The third-order valence-corrected chi connectivity index (χ3v) is 3.84. The number of rotatable bonds is 3. The second-order valence-electron chi connectivity index (χ2n) is 5.27. The number of carbonyl (C=O) groups excluding carboxylic acids is 1. The molecule has 1 aliphatic rings. The lowest BCUT2D eigenvalue weighted by atomic mass is 10.2. The third kappa shape index (κ3) is 2.31. The molecule has 1 fully saturated rings. The minimum atomic E-state index is -0.264. The number of nitrogens with zero attached hydrogens (tertiary/aromatic N) is 4. The maximum absolute atomic E-state index is 12.3. The molecule has 6 nitrogen and oxygen atoms in total. The summed E-state index contributed by atoms with van der Waals surface area (Å²) < 4.78 is 1.62. The van der Waals surface area contributed by atoms with E-state index in [4.69, 9.17) is 11.6 Å². The first-order valence-corrected chi connectivity index (χ1v) is 7.36. The van der Waals surface area contributed by atoms with Crippen molar-refractivity contribution < 1.29 is 4.79 Å². The summed E-state index contributed by atoms with van der Waals surface area (Å²) in [5.74, 6) is 0.737. The van der Waals surface area contributed by atoms with Crippen LogP contribution in [0.4, 0.5) is 5.82 Å². The van der Waals surface area contributed by atoms with Crippen LogP contribution < -0.4 is 5.32 Å². The van der Waals surface area contributed by atoms with E-state index in [1.807, 2.05) is 0 Å². The van der Waals surface area contributed by atoms with Gasteiger partial charge in [-0.1, -0.05) is 11.6 Å². The Bertz CT molecular complexity index is 857. The van der Waals surface area contributed by atoms with Gasteiger partial charge in [-0.2, -0.15) is 9.61 Å². The molecule has 1 N–H and O–H groups in total. The number of carbonyl (C=O) groups is 1. The molecule has 3 aromatic rings. The average Bonchev–Trinajstić information content (AvgIpc) is 3.28. The number of aromatic nitrogens is 4. The summed E-state index contributed by atoms with van der Waals surface area (Å²) in [5, 5.41) is 7.47. The molecule has 0 bridgehead atoms. The number of pyridine rings is 1. The number of fused-ring (bicyclic) bond motifs is 1. The highest BCUT2D eigenvalue weighted by molar-refractivity contribution is 6.29. The van der Waals surface area contributed by atoms with E-state index in [1.165, 1.54) is 6.20 Å². The van der Waals surface area contributed by atoms with E-state index in [1.54, 1.807) is 35.1 Å². The van der Waals surface area contributed by atoms with Gasteiger partial charge >= 0.3 is 0 Å². The Balaban J connectivity index is 1.73. The minimum absolute atomic E-state index is 0.264. The summed E-state index contributed by atoms with van der Waals surface area (Å²) in [5.41, 5.74) is 2.26. The van der Waals surface area contributed by atoms with Crippen LogP contribution in [-0.2, 0) is 0 Å². The molecule has 0 saturated heterocycles. The summed E-state index contributed by atoms with van der Waals surface area (Å²) in [6.07, 6.45) is 7.22. The van der Waals surface area contributed by atoms with Gasteiger partial charge in [0.1, 0.15) is 11.0 Å². The van der Waals surface area contributed by atoms with Crippen LogP contribution in [0.1, 0.15) is 34.7 Å². The molecule has 22 heavy (non-hydrogen) atoms. The summed E-state index contributed by atoms with van der Waals surface area (Å²) in [6, 6.07) is 5.00. The molecule has 0 aromatic carbocycles. The Labute approximate surface area is 131 Å². The van der Waals surface area contributed by atoms with Gasteiger partial charge in [-0.15, -0.1) is 0 Å². The number of anilines is 1. The van der Waals surface area contributed by atoms with Gasteiger partial charge in [0.05, 0.1) is 11.8 Å². The summed E-state index contributed by atoms with van der Waals surface area (Å²) in [6.45, 7) is 0. The zero-order valence-corrected chi connectivity index (χ0v) is 12.3. The SMILES string of the molecule is O=C(Nc1cc(Cl)nc2c(C3CC3)cnn12)c1cccnc1. The molecule has 110 valence electrons. The van der Waals surface area contributed by atoms with Crippen LogP contribution in [0, 0.1) is 0 Å². The van der Waals surface area contributed by atoms with Crippen molar-refractivity contribution in [2.75, 3.05) is 5.32 Å². The molecule has 0 radical (unpaired) electrons. The number of halogens is 1. The van der Waals surface area contributed by atoms with Crippen molar-refractivity contribution in [3.63, 3.8) is 0 Å². The predicted octanol–water partition coefficient (Wildman–Crippen LogP) is 2.91. The molecule has 4 rings (SSSR count). The van der Waals surface area contributed by atoms with E-state index < -0.39 is 0 Å². The molecule has 0 unspecified atom stereocenters. The van der Waals surface area contributed by atoms with E-state index in [2.05, 4.69) is 20.4 Å². The van der Waals surface area contributed by atoms with Crippen LogP contribution in [0.3, 0.4) is 0 Å². The van der Waals surface area contributed by atoms with Gasteiger partial charge in [0.2, 0.25) is 0 Å². The van der Waals surface area contributed by atoms with E-state index in [-0.39, 0.29) is 5.91 Å². The lowest BCUT2D eigenvalue weighted by molar-refractivity contribution is 0.102. The zero-order valence-electron chi connectivity index (χ0n) is 11.5. The molecule has 0 aliphatic heterocycles. The second kappa shape index (κ2) is 5.06. The van der Waals surface area contributed by atoms with Crippen LogP contribution in [0.2, 0.25) is 5.15 Å². The van der Waals surface area contributed by atoms with Gasteiger partial charge in [0.25, 0.3) is 5.91 Å². The van der Waals surface area contributed by atoms with Gasteiger partial charge in [0.15, 0.2) is 5.65 Å². The second-order valence-corrected chi connectivity index (χ2v) is 5.66. The van der Waals surface area contributed by atoms with E-state index in [0.717, 1.165) is 18.4 Å². The molecule has 1 aliphatic carbocycles. The van der Waals surface area contributed by atoms with Crippen LogP contribution in [0.5, 0.6) is 0 Å². The smallest absolute Gasteiger partial charge is 0.258 e. The van der Waals surface area contributed by atoms with Crippen molar-refractivity contribution in [2.24, 2.45) is 0 Å². The predicted molar refractivity (Wildman–Crippen MR) is 82.2 cm³/mol. The third-order valence-electron chi connectivity index (χ3n) is 3.65. The molecule has 7 heteroatoms. The van der Waals surface area contributed by atoms with Crippen LogP contribution in [0.15, 0.2) is 36.8 Å². The van der Waals surface area contributed by atoms with Crippen molar-refractivity contribution >= 4 is 29.0 Å². The number of hydrogen-bond donors (Lipinski definition) is 1. The Morgan fingerprint density at radius 3 is 2.95 bits per heavy atom. The van der Waals surface area contributed by atoms with Crippen molar-refractivity contribution in [3.05, 3.63) is 53.1 Å². The largest absolute Gasteiger partial charge is 0.306 e. The monoisotopic (exact) mass is 313 g/mol. The zero-order chi connectivity index (χ0) is 15.1. The first-order chi connectivity index (χ1) is 10.7. The van der Waals surface area contributed by atoms with E-state index in [0.29, 0.717) is 28.1 Å². The maximum atomic E-state index is 12.3. The highest BCUT2D eigenvalue weighted by Crippen LogP contribution is 2.42. The van der Waals surface area contributed by atoms with Crippen LogP contribution in [0.25, 0.3) is 5.65 Å². The standard InChI is InChI=1S/C15H12ClN5O/c16-12-6-13(20-15(22)10-2-1-5-17-7-10)21-14(19-12)11(8-18-21)9-3-4-9/h1-2,5-9H,3-4H2,(H,20,22). The van der Waals surface area contributed by atoms with Crippen LogP contribution in [-0.4, -0.2) is 25.5 Å². The van der Waals surface area contributed by atoms with Gasteiger partial charge in [-0.3, -0.25) is 9.78 Å². The Morgan fingerprint density at radius 1 is 1.36 bits per heavy atom. The van der Waals surface area contributed by atoms with Gasteiger partial charge < -0.3 is 5.32 Å². The van der Waals surface area contributed by atoms with E-state index in [9.17, 15) is 4.79 Å². The minimum Gasteiger partial charge on any atom is -0.306 e. The van der Waals surface area contributed by atoms with Crippen molar-refractivity contribution in [1.82, 2.24) is 19.6 Å². The highest BCUT2D eigenvalue weighted by Gasteiger charge is 2.28. The fourth-order valence-corrected chi connectivity index (χ4v) is 2.59. The van der Waals surface area contributed by atoms with Crippen molar-refractivity contribution in [3.8, 4) is 0 Å². The normalized spacial score (nSPS) is 14.2. The number of amides is 1. The molecule has 0 spiro atoms. The van der Waals surface area contributed by atoms with Gasteiger partial charge in [0, 0.05) is 24.0 Å². The van der Waals surface area contributed by atoms with Gasteiger partial charge in [-0.05, 0) is 30.9 Å². The van der Waals surface area contributed by atoms with Crippen molar-refractivity contribution in [2.45, 2.75) is 18.8 Å². The summed E-state index contributed by atoms with van der Waals surface area (Å²) in [4.78, 5) is 20.5. The Kier molecular flexibility index (Phi) is 3.04. The molecule has 0 atom stereocenters. The van der Waals surface area contributed by atoms with E-state index >= 15 is 0 Å². The molecule has 3 aromatic heterocycles. The van der Waals surface area contributed by atoms with Crippen LogP contribution >= 0.6 is 11.6 Å².